The Morgan fingerprint density at radius 2 is 1.76 bits per heavy atom. The molecule has 3 heterocycles. The standard InChI is InChI=1S/C28H32F2N2O2/c1-27(2,3)32-15-20(18-9-8-17(29)14-23(18)30)21(16-32)26(33)31-12-10-28(11-13-31)22-7-5-4-6-19(22)24-25(28)34-24/h4-9,14,20-21,24-25H,10-13,15-16H2,1-3H3/t20-,21?,24-,25-/m0/s1. The van der Waals surface area contributed by atoms with Gasteiger partial charge in [-0.2, -0.15) is 0 Å². The van der Waals surface area contributed by atoms with Crippen LogP contribution in [0.25, 0.3) is 0 Å². The number of hydrogen-bond acceptors (Lipinski definition) is 3. The highest BCUT2D eigenvalue weighted by Crippen LogP contribution is 2.62. The minimum atomic E-state index is -0.589. The van der Waals surface area contributed by atoms with Gasteiger partial charge in [0, 0.05) is 49.1 Å². The summed E-state index contributed by atoms with van der Waals surface area (Å²) in [7, 11) is 0. The molecule has 4 atom stereocenters. The summed E-state index contributed by atoms with van der Waals surface area (Å²) in [6.07, 6.45) is 2.25. The number of rotatable bonds is 2. The van der Waals surface area contributed by atoms with Crippen molar-refractivity contribution in [1.82, 2.24) is 9.80 Å². The predicted molar refractivity (Wildman–Crippen MR) is 125 cm³/mol. The van der Waals surface area contributed by atoms with Gasteiger partial charge in [-0.15, -0.1) is 0 Å². The van der Waals surface area contributed by atoms with E-state index >= 15 is 0 Å². The Kier molecular flexibility index (Phi) is 4.95. The molecule has 6 rings (SSSR count). The molecule has 0 radical (unpaired) electrons. The Morgan fingerprint density at radius 3 is 2.47 bits per heavy atom. The number of carbonyl (C=O) groups excluding carboxylic acids is 1. The van der Waals surface area contributed by atoms with Crippen LogP contribution in [0.15, 0.2) is 42.5 Å². The molecule has 1 spiro atoms. The zero-order chi connectivity index (χ0) is 23.8. The lowest BCUT2D eigenvalue weighted by Crippen LogP contribution is -2.49. The molecule has 1 unspecified atom stereocenters. The van der Waals surface area contributed by atoms with Crippen molar-refractivity contribution < 1.29 is 18.3 Å². The topological polar surface area (TPSA) is 36.1 Å². The molecule has 3 fully saturated rings. The first-order chi connectivity index (χ1) is 16.2. The average molecular weight is 467 g/mol. The van der Waals surface area contributed by atoms with Gasteiger partial charge in [0.2, 0.25) is 5.91 Å². The van der Waals surface area contributed by atoms with Gasteiger partial charge in [0.1, 0.15) is 17.7 Å². The molecule has 4 aliphatic rings. The van der Waals surface area contributed by atoms with Crippen LogP contribution in [0.3, 0.4) is 0 Å². The third kappa shape index (κ3) is 3.33. The summed E-state index contributed by atoms with van der Waals surface area (Å²) in [5.74, 6) is -1.68. The van der Waals surface area contributed by atoms with E-state index in [0.29, 0.717) is 31.7 Å². The summed E-state index contributed by atoms with van der Waals surface area (Å²) >= 11 is 0. The second-order valence-corrected chi connectivity index (χ2v) is 11.5. The number of nitrogens with zero attached hydrogens (tertiary/aromatic N) is 2. The number of benzene rings is 2. The van der Waals surface area contributed by atoms with E-state index in [-0.39, 0.29) is 40.9 Å². The molecule has 34 heavy (non-hydrogen) atoms. The monoisotopic (exact) mass is 466 g/mol. The lowest BCUT2D eigenvalue weighted by atomic mass is 9.72. The molecule has 0 saturated carbocycles. The largest absolute Gasteiger partial charge is 0.364 e. The number of carbonyl (C=O) groups is 1. The highest BCUT2D eigenvalue weighted by atomic mass is 19.1. The van der Waals surface area contributed by atoms with Crippen molar-refractivity contribution in [3.63, 3.8) is 0 Å². The van der Waals surface area contributed by atoms with Crippen LogP contribution in [0, 0.1) is 17.6 Å². The molecule has 3 aliphatic heterocycles. The van der Waals surface area contributed by atoms with Crippen LogP contribution in [0.5, 0.6) is 0 Å². The zero-order valence-electron chi connectivity index (χ0n) is 20.1. The van der Waals surface area contributed by atoms with Crippen LogP contribution in [0.4, 0.5) is 8.78 Å². The molecule has 180 valence electrons. The maximum absolute atomic E-state index is 14.8. The van der Waals surface area contributed by atoms with Crippen LogP contribution in [0.2, 0.25) is 0 Å². The number of amides is 1. The van der Waals surface area contributed by atoms with Crippen molar-refractivity contribution in [2.75, 3.05) is 26.2 Å². The Labute approximate surface area is 199 Å². The minimum Gasteiger partial charge on any atom is -0.364 e. The van der Waals surface area contributed by atoms with Crippen LogP contribution < -0.4 is 0 Å². The first-order valence-corrected chi connectivity index (χ1v) is 12.4. The summed E-state index contributed by atoms with van der Waals surface area (Å²) in [6.45, 7) is 8.90. The summed E-state index contributed by atoms with van der Waals surface area (Å²) in [5.41, 5.74) is 3.03. The van der Waals surface area contributed by atoms with Gasteiger partial charge in [-0.3, -0.25) is 9.69 Å². The molecular weight excluding hydrogens is 434 g/mol. The highest BCUT2D eigenvalue weighted by Gasteiger charge is 2.63. The second-order valence-electron chi connectivity index (χ2n) is 11.5. The van der Waals surface area contributed by atoms with Gasteiger partial charge in [-0.25, -0.2) is 8.78 Å². The lowest BCUT2D eigenvalue weighted by Gasteiger charge is -2.41. The zero-order valence-corrected chi connectivity index (χ0v) is 20.1. The summed E-state index contributed by atoms with van der Waals surface area (Å²) < 4.78 is 34.4. The smallest absolute Gasteiger partial charge is 0.227 e. The Balaban J connectivity index is 1.24. The van der Waals surface area contributed by atoms with Gasteiger partial charge in [-0.05, 0) is 56.4 Å². The van der Waals surface area contributed by atoms with E-state index in [2.05, 4.69) is 49.9 Å². The normalized spacial score (nSPS) is 29.9. The first kappa shape index (κ1) is 22.2. The van der Waals surface area contributed by atoms with E-state index in [1.54, 1.807) is 0 Å². The number of fused-ring (bicyclic) bond motifs is 5. The number of epoxide rings is 1. The summed E-state index contributed by atoms with van der Waals surface area (Å²) in [5, 5.41) is 0. The quantitative estimate of drug-likeness (QED) is 0.597. The van der Waals surface area contributed by atoms with Gasteiger partial charge in [0.05, 0.1) is 12.0 Å². The highest BCUT2D eigenvalue weighted by molar-refractivity contribution is 5.81. The maximum Gasteiger partial charge on any atom is 0.227 e. The minimum absolute atomic E-state index is 0.00757. The van der Waals surface area contributed by atoms with Gasteiger partial charge >= 0.3 is 0 Å². The SMILES string of the molecule is CC(C)(C)N1CC(C(=O)N2CCC3(CC2)c2ccccc2[C@@H]2O[C@@H]23)[C@H](c2ccc(F)cc2F)C1. The number of halogens is 2. The second kappa shape index (κ2) is 7.59. The van der Waals surface area contributed by atoms with E-state index in [1.165, 1.54) is 23.3 Å². The van der Waals surface area contributed by atoms with Crippen LogP contribution in [-0.2, 0) is 14.9 Å². The molecule has 0 bridgehead atoms. The van der Waals surface area contributed by atoms with E-state index in [4.69, 9.17) is 4.74 Å². The van der Waals surface area contributed by atoms with Crippen LogP contribution in [-0.4, -0.2) is 53.5 Å². The van der Waals surface area contributed by atoms with Crippen molar-refractivity contribution >= 4 is 5.91 Å². The molecule has 6 heteroatoms. The van der Waals surface area contributed by atoms with Gasteiger partial charge in [-0.1, -0.05) is 30.3 Å². The number of ether oxygens (including phenoxy) is 1. The van der Waals surface area contributed by atoms with Crippen molar-refractivity contribution in [2.45, 2.75) is 62.7 Å². The van der Waals surface area contributed by atoms with E-state index in [1.807, 2.05) is 4.90 Å². The van der Waals surface area contributed by atoms with Crippen molar-refractivity contribution in [3.8, 4) is 0 Å². The van der Waals surface area contributed by atoms with Crippen molar-refractivity contribution in [2.24, 2.45) is 5.92 Å². The third-order valence-corrected chi connectivity index (χ3v) is 8.75. The average Bonchev–Trinajstić information content (AvgIpc) is 3.42. The van der Waals surface area contributed by atoms with Gasteiger partial charge < -0.3 is 9.64 Å². The molecular formula is C28H32F2N2O2. The van der Waals surface area contributed by atoms with Crippen LogP contribution in [0.1, 0.15) is 62.3 Å². The van der Waals surface area contributed by atoms with Gasteiger partial charge in [0.15, 0.2) is 0 Å². The summed E-state index contributed by atoms with van der Waals surface area (Å²) in [6, 6.07) is 12.3. The maximum atomic E-state index is 14.8. The summed E-state index contributed by atoms with van der Waals surface area (Å²) in [4.78, 5) is 18.1. The molecule has 0 aromatic heterocycles. The fourth-order valence-corrected chi connectivity index (χ4v) is 6.75. The Bertz CT molecular complexity index is 1140. The lowest BCUT2D eigenvalue weighted by molar-refractivity contribution is -0.137. The predicted octanol–water partition coefficient (Wildman–Crippen LogP) is 4.79. The molecule has 3 saturated heterocycles. The molecule has 1 aliphatic carbocycles. The van der Waals surface area contributed by atoms with Crippen LogP contribution >= 0.6 is 0 Å². The van der Waals surface area contributed by atoms with E-state index in [0.717, 1.165) is 18.9 Å². The van der Waals surface area contributed by atoms with E-state index < -0.39 is 11.6 Å². The van der Waals surface area contributed by atoms with Crippen molar-refractivity contribution in [3.05, 3.63) is 70.8 Å². The van der Waals surface area contributed by atoms with Gasteiger partial charge in [0.25, 0.3) is 0 Å². The van der Waals surface area contributed by atoms with Crippen molar-refractivity contribution in [1.29, 1.82) is 0 Å². The molecule has 0 N–H and O–H groups in total. The third-order valence-electron chi connectivity index (χ3n) is 8.75. The fraction of sp³-hybridized carbons (Fsp3) is 0.536. The molecule has 1 amide bonds. The Morgan fingerprint density at radius 1 is 1.03 bits per heavy atom. The number of likely N-dealkylation sites (tertiary alicyclic amines) is 2. The Hall–Kier alpha value is -2.31. The first-order valence-electron chi connectivity index (χ1n) is 12.4. The molecule has 4 nitrogen and oxygen atoms in total. The van der Waals surface area contributed by atoms with E-state index in [9.17, 15) is 13.6 Å². The fourth-order valence-electron chi connectivity index (χ4n) is 6.75. The molecule has 2 aromatic carbocycles. The number of hydrogen-bond donors (Lipinski definition) is 0. The molecule has 2 aromatic rings. The number of piperidine rings is 1.